The summed E-state index contributed by atoms with van der Waals surface area (Å²) >= 11 is 3.19. The average Bonchev–Trinajstić information content (AvgIpc) is 2.47. The first-order valence-electron chi connectivity index (χ1n) is 4.37. The molecule has 1 heterocycles. The van der Waals surface area contributed by atoms with Crippen LogP contribution in [0.15, 0.2) is 21.4 Å². The molecular weight excluding hydrogens is 232 g/mol. The fourth-order valence-corrected chi connectivity index (χ4v) is 1.51. The van der Waals surface area contributed by atoms with Gasteiger partial charge in [0.2, 0.25) is 0 Å². The van der Waals surface area contributed by atoms with Crippen molar-refractivity contribution in [3.63, 3.8) is 0 Å². The van der Waals surface area contributed by atoms with Crippen molar-refractivity contribution in [2.75, 3.05) is 0 Å². The number of carbonyl (C=O) groups excluding carboxylic acids is 1. The van der Waals surface area contributed by atoms with E-state index in [4.69, 9.17) is 4.42 Å². The summed E-state index contributed by atoms with van der Waals surface area (Å²) in [4.78, 5) is 11.5. The fraction of sp³-hybridized carbons (Fsp3) is 0.500. The summed E-state index contributed by atoms with van der Waals surface area (Å²) in [5.41, 5.74) is 0.653. The zero-order valence-electron chi connectivity index (χ0n) is 7.84. The third-order valence-electron chi connectivity index (χ3n) is 1.87. The van der Waals surface area contributed by atoms with Crippen molar-refractivity contribution in [2.45, 2.75) is 26.7 Å². The van der Waals surface area contributed by atoms with Gasteiger partial charge in [-0.3, -0.25) is 4.79 Å². The number of carbonyl (C=O) groups is 1. The lowest BCUT2D eigenvalue weighted by Crippen LogP contribution is -2.00. The van der Waals surface area contributed by atoms with E-state index >= 15 is 0 Å². The van der Waals surface area contributed by atoms with Crippen LogP contribution in [-0.4, -0.2) is 5.78 Å². The molecule has 0 fully saturated rings. The monoisotopic (exact) mass is 244 g/mol. The molecule has 0 saturated carbocycles. The van der Waals surface area contributed by atoms with E-state index in [1.807, 2.05) is 0 Å². The largest absolute Gasteiger partial charge is 0.457 e. The van der Waals surface area contributed by atoms with Gasteiger partial charge in [-0.15, -0.1) is 0 Å². The summed E-state index contributed by atoms with van der Waals surface area (Å²) in [5.74, 6) is 0.712. The minimum absolute atomic E-state index is 0.148. The van der Waals surface area contributed by atoms with E-state index in [1.165, 1.54) is 6.26 Å². The van der Waals surface area contributed by atoms with E-state index in [0.717, 1.165) is 6.42 Å². The summed E-state index contributed by atoms with van der Waals surface area (Å²) in [6.45, 7) is 4.22. The second kappa shape index (κ2) is 4.61. The molecule has 0 unspecified atom stereocenters. The first-order chi connectivity index (χ1) is 6.11. The van der Waals surface area contributed by atoms with E-state index in [-0.39, 0.29) is 5.78 Å². The molecule has 1 rings (SSSR count). The molecule has 0 aliphatic heterocycles. The van der Waals surface area contributed by atoms with Crippen molar-refractivity contribution in [2.24, 2.45) is 5.92 Å². The molecular formula is C10H13BrO2. The number of halogens is 1. The number of rotatable bonds is 4. The Balaban J connectivity index is 2.54. The summed E-state index contributed by atoms with van der Waals surface area (Å²) < 4.78 is 5.53. The number of Topliss-reactive ketones (excluding diaryl/α,β-unsaturated/α-hetero) is 1. The third-order valence-corrected chi connectivity index (χ3v) is 2.48. The average molecular weight is 245 g/mol. The van der Waals surface area contributed by atoms with Crippen molar-refractivity contribution < 1.29 is 9.21 Å². The second-order valence-electron chi connectivity index (χ2n) is 3.46. The Morgan fingerprint density at radius 3 is 2.77 bits per heavy atom. The number of ketones is 1. The normalized spacial score (nSPS) is 10.8. The molecule has 0 spiro atoms. The summed E-state index contributed by atoms with van der Waals surface area (Å²) in [7, 11) is 0. The van der Waals surface area contributed by atoms with Crippen molar-refractivity contribution in [1.82, 2.24) is 0 Å². The lowest BCUT2D eigenvalue weighted by atomic mass is 10.0. The van der Waals surface area contributed by atoms with Crippen molar-refractivity contribution in [1.29, 1.82) is 0 Å². The Morgan fingerprint density at radius 2 is 2.31 bits per heavy atom. The van der Waals surface area contributed by atoms with Crippen LogP contribution in [0.4, 0.5) is 0 Å². The van der Waals surface area contributed by atoms with Gasteiger partial charge in [-0.1, -0.05) is 13.8 Å². The fourth-order valence-electron chi connectivity index (χ4n) is 1.05. The molecule has 0 atom stereocenters. The van der Waals surface area contributed by atoms with Crippen LogP contribution in [0.2, 0.25) is 0 Å². The molecule has 0 aliphatic carbocycles. The van der Waals surface area contributed by atoms with E-state index < -0.39 is 0 Å². The molecule has 0 radical (unpaired) electrons. The molecule has 0 aliphatic rings. The lowest BCUT2D eigenvalue weighted by molar-refractivity contribution is 0.0974. The van der Waals surface area contributed by atoms with Gasteiger partial charge in [0.1, 0.15) is 0 Å². The van der Waals surface area contributed by atoms with E-state index in [1.54, 1.807) is 6.07 Å². The maximum Gasteiger partial charge on any atom is 0.179 e. The molecule has 0 bridgehead atoms. The van der Waals surface area contributed by atoms with Crippen molar-refractivity contribution in [3.8, 4) is 0 Å². The molecule has 13 heavy (non-hydrogen) atoms. The maximum atomic E-state index is 11.5. The highest BCUT2D eigenvalue weighted by Gasteiger charge is 2.12. The number of furan rings is 1. The second-order valence-corrected chi connectivity index (χ2v) is 4.18. The first-order valence-corrected chi connectivity index (χ1v) is 5.16. The smallest absolute Gasteiger partial charge is 0.179 e. The van der Waals surface area contributed by atoms with Crippen LogP contribution >= 0.6 is 15.9 Å². The molecule has 3 heteroatoms. The topological polar surface area (TPSA) is 30.2 Å². The first kappa shape index (κ1) is 10.5. The van der Waals surface area contributed by atoms with Gasteiger partial charge in [-0.05, 0) is 34.3 Å². The van der Waals surface area contributed by atoms with Crippen LogP contribution in [-0.2, 0) is 0 Å². The molecule has 72 valence electrons. The Morgan fingerprint density at radius 1 is 1.62 bits per heavy atom. The highest BCUT2D eigenvalue weighted by molar-refractivity contribution is 9.10. The SMILES string of the molecule is CC(C)CCC(=O)c1ccoc1Br. The highest BCUT2D eigenvalue weighted by Crippen LogP contribution is 2.20. The predicted molar refractivity (Wildman–Crippen MR) is 54.8 cm³/mol. The highest BCUT2D eigenvalue weighted by atomic mass is 79.9. The van der Waals surface area contributed by atoms with Crippen LogP contribution in [0.3, 0.4) is 0 Å². The van der Waals surface area contributed by atoms with Gasteiger partial charge in [0.15, 0.2) is 10.5 Å². The van der Waals surface area contributed by atoms with Crippen LogP contribution in [0.25, 0.3) is 0 Å². The molecule has 0 saturated heterocycles. The number of hydrogen-bond acceptors (Lipinski definition) is 2. The molecule has 0 aromatic carbocycles. The standard InChI is InChI=1S/C10H13BrO2/c1-7(2)3-4-9(12)8-5-6-13-10(8)11/h5-7H,3-4H2,1-2H3. The van der Waals surface area contributed by atoms with Gasteiger partial charge in [-0.25, -0.2) is 0 Å². The van der Waals surface area contributed by atoms with Gasteiger partial charge >= 0.3 is 0 Å². The van der Waals surface area contributed by atoms with Crippen molar-refractivity contribution >= 4 is 21.7 Å². The lowest BCUT2D eigenvalue weighted by Gasteiger charge is -2.01. The van der Waals surface area contributed by atoms with Gasteiger partial charge in [-0.2, -0.15) is 0 Å². The summed E-state index contributed by atoms with van der Waals surface area (Å²) in [6.07, 6.45) is 3.04. The Bertz CT molecular complexity index is 289. The van der Waals surface area contributed by atoms with E-state index in [2.05, 4.69) is 29.8 Å². The van der Waals surface area contributed by atoms with Crippen molar-refractivity contribution in [3.05, 3.63) is 22.6 Å². The predicted octanol–water partition coefficient (Wildman–Crippen LogP) is 3.66. The Hall–Kier alpha value is -0.570. The van der Waals surface area contributed by atoms with Crippen LogP contribution < -0.4 is 0 Å². The summed E-state index contributed by atoms with van der Waals surface area (Å²) in [5, 5.41) is 0. The van der Waals surface area contributed by atoms with Gasteiger partial charge in [0.25, 0.3) is 0 Å². The van der Waals surface area contributed by atoms with E-state index in [9.17, 15) is 4.79 Å². The van der Waals surface area contributed by atoms with Gasteiger partial charge < -0.3 is 4.42 Å². The molecule has 0 N–H and O–H groups in total. The minimum Gasteiger partial charge on any atom is -0.457 e. The quantitative estimate of drug-likeness (QED) is 0.757. The Kier molecular flexibility index (Phi) is 3.72. The van der Waals surface area contributed by atoms with Crippen LogP contribution in [0.1, 0.15) is 37.0 Å². The molecule has 1 aromatic heterocycles. The molecule has 1 aromatic rings. The van der Waals surface area contributed by atoms with Gasteiger partial charge in [0, 0.05) is 6.42 Å². The van der Waals surface area contributed by atoms with Crippen LogP contribution in [0, 0.1) is 5.92 Å². The maximum absolute atomic E-state index is 11.5. The summed E-state index contributed by atoms with van der Waals surface area (Å²) in [6, 6.07) is 1.70. The van der Waals surface area contributed by atoms with Crippen LogP contribution in [0.5, 0.6) is 0 Å². The Labute approximate surface area is 86.4 Å². The third kappa shape index (κ3) is 2.99. The minimum atomic E-state index is 0.148. The molecule has 2 nitrogen and oxygen atoms in total. The van der Waals surface area contributed by atoms with Gasteiger partial charge in [0.05, 0.1) is 11.8 Å². The number of hydrogen-bond donors (Lipinski definition) is 0. The zero-order valence-corrected chi connectivity index (χ0v) is 9.43. The zero-order chi connectivity index (χ0) is 9.84. The molecule has 0 amide bonds. The van der Waals surface area contributed by atoms with E-state index in [0.29, 0.717) is 22.6 Å².